The van der Waals surface area contributed by atoms with Crippen molar-refractivity contribution in [2.45, 2.75) is 44.9 Å². The van der Waals surface area contributed by atoms with Gasteiger partial charge in [0, 0.05) is 12.6 Å². The van der Waals surface area contributed by atoms with Crippen molar-refractivity contribution >= 4 is 22.7 Å². The number of hydrogen-bond donors (Lipinski definition) is 5. The molecule has 2 rings (SSSR count). The Kier molecular flexibility index (Phi) is 9.26. The highest BCUT2D eigenvalue weighted by atomic mass is 16.5. The number of unbranched alkanes of at least 4 members (excludes halogenated alkanes) is 5. The number of nitrogens with two attached hydrogens (primary N) is 2. The van der Waals surface area contributed by atoms with Crippen LogP contribution in [0.5, 0.6) is 5.75 Å². The summed E-state index contributed by atoms with van der Waals surface area (Å²) < 4.78 is 10.9. The van der Waals surface area contributed by atoms with Crippen molar-refractivity contribution in [2.24, 2.45) is 5.73 Å². The summed E-state index contributed by atoms with van der Waals surface area (Å²) in [6, 6.07) is 5.59. The Morgan fingerprint density at radius 3 is 2.52 bits per heavy atom. The van der Waals surface area contributed by atoms with Crippen molar-refractivity contribution in [3.63, 3.8) is 0 Å². The first kappa shape index (κ1) is 20.8. The Morgan fingerprint density at radius 2 is 1.74 bits per heavy atom. The van der Waals surface area contributed by atoms with Gasteiger partial charge in [0.15, 0.2) is 17.4 Å². The van der Waals surface area contributed by atoms with Gasteiger partial charge in [-0.2, -0.15) is 0 Å². The summed E-state index contributed by atoms with van der Waals surface area (Å²) in [5.41, 5.74) is 11.6. The van der Waals surface area contributed by atoms with E-state index in [1.807, 2.05) is 18.2 Å². The largest absolute Gasteiger partial charge is 0.493 e. The van der Waals surface area contributed by atoms with E-state index in [9.17, 15) is 0 Å². The molecule has 0 aliphatic heterocycles. The van der Waals surface area contributed by atoms with E-state index in [1.165, 1.54) is 25.7 Å². The third-order valence-electron chi connectivity index (χ3n) is 4.33. The molecule has 0 aliphatic carbocycles. The zero-order valence-corrected chi connectivity index (χ0v) is 15.9. The molecule has 150 valence electrons. The van der Waals surface area contributed by atoms with E-state index in [0.29, 0.717) is 18.0 Å². The van der Waals surface area contributed by atoms with Crippen LogP contribution in [0.3, 0.4) is 0 Å². The number of benzene rings is 1. The van der Waals surface area contributed by atoms with Crippen molar-refractivity contribution < 1.29 is 9.26 Å². The number of nitrogen functional groups attached to an aromatic ring is 1. The molecule has 0 amide bonds. The molecule has 1 aromatic heterocycles. The molecule has 0 spiro atoms. The smallest absolute Gasteiger partial charge is 0.185 e. The molecule has 0 aliphatic rings. The first-order valence-corrected chi connectivity index (χ1v) is 9.73. The molecule has 0 bridgehead atoms. The maximum Gasteiger partial charge on any atom is 0.185 e. The number of guanidine groups is 1. The molecule has 0 atom stereocenters. The standard InChI is InChI=1S/C19H32N6O2/c20-18-16-9-8-15(14-17(16)27-25-18)26-13-7-6-11-23-10-4-2-1-3-5-12-24-19(21)22/h8-9,14,23H,1-7,10-13H2,(H2,20,25)(H4,21,22,24). The average Bonchev–Trinajstić information content (AvgIpc) is 3.02. The molecule has 0 radical (unpaired) electrons. The highest BCUT2D eigenvalue weighted by molar-refractivity contribution is 5.87. The third kappa shape index (κ3) is 8.17. The van der Waals surface area contributed by atoms with E-state index >= 15 is 0 Å². The molecular weight excluding hydrogens is 344 g/mol. The molecule has 0 unspecified atom stereocenters. The van der Waals surface area contributed by atoms with Gasteiger partial charge in [-0.3, -0.25) is 5.41 Å². The molecular formula is C19H32N6O2. The summed E-state index contributed by atoms with van der Waals surface area (Å²) in [6.45, 7) is 3.57. The van der Waals surface area contributed by atoms with E-state index in [4.69, 9.17) is 26.1 Å². The zero-order valence-electron chi connectivity index (χ0n) is 15.9. The lowest BCUT2D eigenvalue weighted by Gasteiger charge is -2.07. The van der Waals surface area contributed by atoms with Crippen molar-refractivity contribution in [3.8, 4) is 5.75 Å². The molecule has 7 N–H and O–H groups in total. The fourth-order valence-electron chi connectivity index (χ4n) is 2.82. The normalized spacial score (nSPS) is 11.0. The second-order valence-electron chi connectivity index (χ2n) is 6.64. The number of aromatic nitrogens is 1. The second kappa shape index (κ2) is 12.0. The van der Waals surface area contributed by atoms with Crippen LogP contribution < -0.4 is 26.8 Å². The SMILES string of the molecule is N=C(N)NCCCCCCCNCCCCOc1ccc2c(N)noc2c1. The number of hydrogen-bond acceptors (Lipinski definition) is 6. The van der Waals surface area contributed by atoms with Crippen LogP contribution in [0, 0.1) is 5.41 Å². The van der Waals surface area contributed by atoms with E-state index in [0.717, 1.165) is 50.0 Å². The fraction of sp³-hybridized carbons (Fsp3) is 0.579. The monoisotopic (exact) mass is 376 g/mol. The minimum Gasteiger partial charge on any atom is -0.493 e. The van der Waals surface area contributed by atoms with E-state index in [2.05, 4.69) is 15.8 Å². The first-order chi connectivity index (χ1) is 13.2. The van der Waals surface area contributed by atoms with Gasteiger partial charge >= 0.3 is 0 Å². The van der Waals surface area contributed by atoms with Crippen LogP contribution >= 0.6 is 0 Å². The molecule has 8 heteroatoms. The number of rotatable bonds is 14. The number of nitrogens with one attached hydrogen (secondary N) is 3. The number of fused-ring (bicyclic) bond motifs is 1. The Morgan fingerprint density at radius 1 is 1.04 bits per heavy atom. The molecule has 0 fully saturated rings. The topological polar surface area (TPSA) is 135 Å². The average molecular weight is 377 g/mol. The molecule has 2 aromatic rings. The second-order valence-corrected chi connectivity index (χ2v) is 6.64. The molecule has 0 saturated carbocycles. The van der Waals surface area contributed by atoms with Gasteiger partial charge in [0.25, 0.3) is 0 Å². The van der Waals surface area contributed by atoms with Gasteiger partial charge in [0.1, 0.15) is 5.75 Å². The minimum absolute atomic E-state index is 0.0608. The van der Waals surface area contributed by atoms with Gasteiger partial charge in [-0.1, -0.05) is 24.4 Å². The number of nitrogens with zero attached hydrogens (tertiary/aromatic N) is 1. The quantitative estimate of drug-likeness (QED) is 0.194. The Bertz CT molecular complexity index is 688. The minimum atomic E-state index is 0.0608. The van der Waals surface area contributed by atoms with Crippen molar-refractivity contribution in [1.29, 1.82) is 5.41 Å². The summed E-state index contributed by atoms with van der Waals surface area (Å²) in [7, 11) is 0. The Hall–Kier alpha value is -2.48. The Labute approximate surface area is 160 Å². The van der Waals surface area contributed by atoms with Gasteiger partial charge in [-0.05, 0) is 50.9 Å². The lowest BCUT2D eigenvalue weighted by atomic mass is 10.1. The lowest BCUT2D eigenvalue weighted by molar-refractivity contribution is 0.305. The van der Waals surface area contributed by atoms with Gasteiger partial charge < -0.3 is 31.4 Å². The zero-order chi connectivity index (χ0) is 19.3. The van der Waals surface area contributed by atoms with E-state index in [-0.39, 0.29) is 5.96 Å². The highest BCUT2D eigenvalue weighted by Gasteiger charge is 2.05. The van der Waals surface area contributed by atoms with Crippen molar-refractivity contribution in [2.75, 3.05) is 32.0 Å². The molecule has 27 heavy (non-hydrogen) atoms. The van der Waals surface area contributed by atoms with Crippen LogP contribution in [0.25, 0.3) is 11.0 Å². The van der Waals surface area contributed by atoms with Crippen LogP contribution in [0.1, 0.15) is 44.9 Å². The summed E-state index contributed by atoms with van der Waals surface area (Å²) in [6.07, 6.45) is 8.03. The van der Waals surface area contributed by atoms with Crippen LogP contribution in [-0.2, 0) is 0 Å². The van der Waals surface area contributed by atoms with Crippen molar-refractivity contribution in [3.05, 3.63) is 18.2 Å². The summed E-state index contributed by atoms with van der Waals surface area (Å²) in [5.74, 6) is 1.25. The van der Waals surface area contributed by atoms with Gasteiger partial charge in [-0.15, -0.1) is 0 Å². The van der Waals surface area contributed by atoms with Crippen molar-refractivity contribution in [1.82, 2.24) is 15.8 Å². The molecule has 1 heterocycles. The van der Waals surface area contributed by atoms with Crippen LogP contribution in [-0.4, -0.2) is 37.4 Å². The van der Waals surface area contributed by atoms with Crippen LogP contribution in [0.15, 0.2) is 22.7 Å². The predicted octanol–water partition coefficient (Wildman–Crippen LogP) is 2.59. The van der Waals surface area contributed by atoms with E-state index < -0.39 is 0 Å². The number of anilines is 1. The summed E-state index contributed by atoms with van der Waals surface area (Å²) in [5, 5.41) is 17.9. The summed E-state index contributed by atoms with van der Waals surface area (Å²) >= 11 is 0. The lowest BCUT2D eigenvalue weighted by Crippen LogP contribution is -2.30. The third-order valence-corrected chi connectivity index (χ3v) is 4.33. The Balaban J connectivity index is 1.39. The first-order valence-electron chi connectivity index (χ1n) is 9.73. The van der Waals surface area contributed by atoms with Gasteiger partial charge in [-0.25, -0.2) is 0 Å². The maximum atomic E-state index is 7.06. The van der Waals surface area contributed by atoms with Crippen LogP contribution in [0.4, 0.5) is 5.82 Å². The summed E-state index contributed by atoms with van der Waals surface area (Å²) in [4.78, 5) is 0. The fourth-order valence-corrected chi connectivity index (χ4v) is 2.82. The van der Waals surface area contributed by atoms with Gasteiger partial charge in [0.2, 0.25) is 0 Å². The van der Waals surface area contributed by atoms with Crippen LogP contribution in [0.2, 0.25) is 0 Å². The molecule has 1 aromatic carbocycles. The van der Waals surface area contributed by atoms with Gasteiger partial charge in [0.05, 0.1) is 12.0 Å². The predicted molar refractivity (Wildman–Crippen MR) is 109 cm³/mol. The van der Waals surface area contributed by atoms with E-state index in [1.54, 1.807) is 0 Å². The molecule has 8 nitrogen and oxygen atoms in total. The number of ether oxygens (including phenoxy) is 1. The molecule has 0 saturated heterocycles. The highest BCUT2D eigenvalue weighted by Crippen LogP contribution is 2.24. The maximum absolute atomic E-state index is 7.06.